The first-order valence-corrected chi connectivity index (χ1v) is 10.3. The highest BCUT2D eigenvalue weighted by atomic mass is 31.2. The summed E-state index contributed by atoms with van der Waals surface area (Å²) in [6.45, 7) is 7.25. The highest BCUT2D eigenvalue weighted by Gasteiger charge is 2.28. The van der Waals surface area contributed by atoms with Gasteiger partial charge >= 0.3 is 13.3 Å². The summed E-state index contributed by atoms with van der Waals surface area (Å²) in [5, 5.41) is 0. The fraction of sp³-hybridized carbons (Fsp3) is 0.529. The topological polar surface area (TPSA) is 113 Å². The molecule has 0 aromatic carbocycles. The average molecular weight is 400 g/mol. The molecule has 1 N–H and O–H groups in total. The number of nitrogens with one attached hydrogen (secondary N) is 1. The van der Waals surface area contributed by atoms with Crippen LogP contribution in [0.3, 0.4) is 0 Å². The van der Waals surface area contributed by atoms with Crippen molar-refractivity contribution in [1.82, 2.24) is 9.55 Å². The molecule has 0 radical (unpaired) electrons. The molecule has 0 saturated carbocycles. The Morgan fingerprint density at radius 2 is 1.85 bits per heavy atom. The van der Waals surface area contributed by atoms with Gasteiger partial charge in [-0.3, -0.25) is 18.9 Å². The van der Waals surface area contributed by atoms with Gasteiger partial charge in [0.05, 0.1) is 37.2 Å². The van der Waals surface area contributed by atoms with Crippen molar-refractivity contribution in [3.63, 3.8) is 0 Å². The number of aromatic nitrogens is 2. The summed E-state index contributed by atoms with van der Waals surface area (Å²) in [7, 11) is -3.40. The molecule has 0 atom stereocenters. The molecule has 2 aromatic rings. The third-order valence-corrected chi connectivity index (χ3v) is 5.25. The molecule has 0 amide bonds. The number of ether oxygens (including phenoxy) is 1. The van der Waals surface area contributed by atoms with Crippen LogP contribution < -0.4 is 11.2 Å². The summed E-state index contributed by atoms with van der Waals surface area (Å²) in [6, 6.07) is 3.27. The van der Waals surface area contributed by atoms with Gasteiger partial charge < -0.3 is 18.2 Å². The zero-order chi connectivity index (χ0) is 20.0. The molecule has 0 aliphatic rings. The maximum atomic E-state index is 12.7. The lowest BCUT2D eigenvalue weighted by Gasteiger charge is -2.22. The first-order valence-electron chi connectivity index (χ1n) is 8.61. The van der Waals surface area contributed by atoms with Crippen molar-refractivity contribution in [3.8, 4) is 11.3 Å². The second kappa shape index (κ2) is 9.32. The monoisotopic (exact) mass is 400 g/mol. The summed E-state index contributed by atoms with van der Waals surface area (Å²) in [5.74, 6) is 0.353. The second-order valence-electron chi connectivity index (χ2n) is 6.43. The van der Waals surface area contributed by atoms with Crippen LogP contribution in [0.15, 0.2) is 38.6 Å². The summed E-state index contributed by atoms with van der Waals surface area (Å²) in [4.78, 5) is 26.1. The highest BCUT2D eigenvalue weighted by Crippen LogP contribution is 2.50. The summed E-state index contributed by atoms with van der Waals surface area (Å²) < 4.78 is 35.4. The van der Waals surface area contributed by atoms with E-state index in [0.29, 0.717) is 5.76 Å². The summed E-state index contributed by atoms with van der Waals surface area (Å²) in [6.07, 6.45) is 2.05. The maximum Gasteiger partial charge on any atom is 0.356 e. The van der Waals surface area contributed by atoms with E-state index in [1.807, 2.05) is 0 Å². The van der Waals surface area contributed by atoms with Gasteiger partial charge in [0.1, 0.15) is 12.1 Å². The third kappa shape index (κ3) is 6.32. The molecule has 9 nitrogen and oxygen atoms in total. The molecule has 27 heavy (non-hydrogen) atoms. The lowest BCUT2D eigenvalue weighted by Crippen LogP contribution is -2.31. The molecule has 150 valence electrons. The van der Waals surface area contributed by atoms with Crippen molar-refractivity contribution in [3.05, 3.63) is 45.4 Å². The van der Waals surface area contributed by atoms with Gasteiger partial charge in [0.25, 0.3) is 5.56 Å². The van der Waals surface area contributed by atoms with E-state index in [1.165, 1.54) is 17.0 Å². The Morgan fingerprint density at radius 1 is 1.19 bits per heavy atom. The van der Waals surface area contributed by atoms with E-state index in [9.17, 15) is 14.2 Å². The Labute approximate surface area is 156 Å². The Hall–Kier alpha value is -1.93. The van der Waals surface area contributed by atoms with Crippen molar-refractivity contribution >= 4 is 7.60 Å². The number of rotatable bonds is 10. The van der Waals surface area contributed by atoms with Gasteiger partial charge in [-0.2, -0.15) is 0 Å². The normalized spacial score (nSPS) is 12.2. The molecule has 0 saturated heterocycles. The predicted octanol–water partition coefficient (Wildman–Crippen LogP) is 2.81. The summed E-state index contributed by atoms with van der Waals surface area (Å²) >= 11 is 0. The van der Waals surface area contributed by atoms with Crippen LogP contribution in [0.2, 0.25) is 0 Å². The van der Waals surface area contributed by atoms with E-state index in [-0.39, 0.29) is 37.3 Å². The van der Waals surface area contributed by atoms with Crippen LogP contribution in [0.5, 0.6) is 0 Å². The van der Waals surface area contributed by atoms with Crippen molar-refractivity contribution in [2.45, 2.75) is 46.4 Å². The lowest BCUT2D eigenvalue weighted by atomic mass is 10.2. The maximum absolute atomic E-state index is 12.7. The van der Waals surface area contributed by atoms with Gasteiger partial charge in [-0.1, -0.05) is 0 Å². The average Bonchev–Trinajstić information content (AvgIpc) is 3.05. The van der Waals surface area contributed by atoms with Crippen molar-refractivity contribution in [2.75, 3.05) is 13.0 Å². The summed E-state index contributed by atoms with van der Waals surface area (Å²) in [5.41, 5.74) is -0.872. The fourth-order valence-corrected chi connectivity index (χ4v) is 4.16. The van der Waals surface area contributed by atoms with Gasteiger partial charge in [0.15, 0.2) is 0 Å². The Balaban J connectivity index is 2.02. The number of H-pyrrole nitrogens is 1. The minimum Gasteiger partial charge on any atom is -0.464 e. The van der Waals surface area contributed by atoms with Crippen LogP contribution in [0.1, 0.15) is 27.7 Å². The Morgan fingerprint density at radius 3 is 2.41 bits per heavy atom. The van der Waals surface area contributed by atoms with Crippen LogP contribution in [-0.4, -0.2) is 34.7 Å². The van der Waals surface area contributed by atoms with Crippen LogP contribution in [0.4, 0.5) is 0 Å². The van der Waals surface area contributed by atoms with Gasteiger partial charge in [0, 0.05) is 6.20 Å². The van der Waals surface area contributed by atoms with Crippen LogP contribution in [0.25, 0.3) is 11.3 Å². The molecule has 2 heterocycles. The highest BCUT2D eigenvalue weighted by molar-refractivity contribution is 7.53. The zero-order valence-electron chi connectivity index (χ0n) is 15.8. The first kappa shape index (κ1) is 21.4. The quantitative estimate of drug-likeness (QED) is 0.482. The molecule has 0 aliphatic heterocycles. The van der Waals surface area contributed by atoms with E-state index in [0.717, 1.165) is 0 Å². The van der Waals surface area contributed by atoms with E-state index in [4.69, 9.17) is 18.2 Å². The Kier molecular flexibility index (Phi) is 7.38. The van der Waals surface area contributed by atoms with E-state index >= 15 is 0 Å². The van der Waals surface area contributed by atoms with Crippen LogP contribution in [0, 0.1) is 0 Å². The largest absolute Gasteiger partial charge is 0.464 e. The van der Waals surface area contributed by atoms with Crippen LogP contribution >= 0.6 is 7.60 Å². The van der Waals surface area contributed by atoms with Crippen LogP contribution in [-0.2, 0) is 24.9 Å². The van der Waals surface area contributed by atoms with Gasteiger partial charge in [0.2, 0.25) is 0 Å². The second-order valence-corrected chi connectivity index (χ2v) is 8.33. The lowest BCUT2D eigenvalue weighted by molar-refractivity contribution is 0.0955. The standard InChI is InChI=1S/C17H25N2O7P/c1-12(2)25-27(22,26-13(3)4)11-23-9-7-19-10-14(15-6-5-8-24-15)16(20)18-17(19)21/h5-6,8,10,12-13H,7,9,11H2,1-4H3,(H,18,20,21). The molecule has 0 aliphatic carbocycles. The molecule has 0 unspecified atom stereocenters. The van der Waals surface area contributed by atoms with E-state index in [1.54, 1.807) is 39.8 Å². The van der Waals surface area contributed by atoms with Gasteiger partial charge in [-0.25, -0.2) is 4.79 Å². The molecule has 0 fully saturated rings. The number of hydrogen-bond acceptors (Lipinski definition) is 7. The minimum absolute atomic E-state index is 0.0798. The van der Waals surface area contributed by atoms with Crippen molar-refractivity contribution in [1.29, 1.82) is 0 Å². The van der Waals surface area contributed by atoms with Crippen molar-refractivity contribution in [2.24, 2.45) is 0 Å². The molecule has 2 aromatic heterocycles. The van der Waals surface area contributed by atoms with Crippen molar-refractivity contribution < 1.29 is 22.8 Å². The molecule has 2 rings (SSSR count). The molecule has 0 bridgehead atoms. The molecular formula is C17H25N2O7P. The predicted molar refractivity (Wildman–Crippen MR) is 99.9 cm³/mol. The smallest absolute Gasteiger partial charge is 0.356 e. The first-order chi connectivity index (χ1) is 12.7. The number of aromatic amines is 1. The number of hydrogen-bond donors (Lipinski definition) is 1. The van der Waals surface area contributed by atoms with E-state index in [2.05, 4.69) is 4.98 Å². The number of furan rings is 1. The third-order valence-electron chi connectivity index (χ3n) is 3.27. The van der Waals surface area contributed by atoms with Gasteiger partial charge in [-0.15, -0.1) is 0 Å². The molecular weight excluding hydrogens is 375 g/mol. The molecule has 10 heteroatoms. The van der Waals surface area contributed by atoms with Gasteiger partial charge in [-0.05, 0) is 39.8 Å². The SMILES string of the molecule is CC(C)OP(=O)(COCCn1cc(-c2ccco2)c(=O)[nH]c1=O)OC(C)C. The van der Waals surface area contributed by atoms with E-state index < -0.39 is 18.8 Å². The fourth-order valence-electron chi connectivity index (χ4n) is 2.35. The minimum atomic E-state index is -3.40. The molecule has 0 spiro atoms. The number of nitrogens with zero attached hydrogens (tertiary/aromatic N) is 1. The zero-order valence-corrected chi connectivity index (χ0v) is 16.7. The Bertz CT molecular complexity index is 869.